The van der Waals surface area contributed by atoms with Crippen LogP contribution >= 0.6 is 24.0 Å². The molecule has 0 aliphatic rings. The predicted octanol–water partition coefficient (Wildman–Crippen LogP) is 5.13. The third kappa shape index (κ3) is 2.57. The monoisotopic (exact) mass is 298 g/mol. The first kappa shape index (κ1) is 13.2. The van der Waals surface area contributed by atoms with Crippen LogP contribution in [0.5, 0.6) is 0 Å². The Bertz CT molecular complexity index is 755. The number of aromatic amines is 2. The standard InChI is InChI=1S/C16H14N2S2/c1-20-13-9-7-12(8-10-13)15-14(17-16(19)18-15)11-5-3-2-4-6-11/h2-10H,1H3,(H2,17,18,19). The van der Waals surface area contributed by atoms with E-state index in [0.717, 1.165) is 22.5 Å². The molecule has 100 valence electrons. The molecule has 0 amide bonds. The molecule has 1 heterocycles. The number of thioether (sulfide) groups is 1. The normalized spacial score (nSPS) is 10.7. The first-order valence-electron chi connectivity index (χ1n) is 6.30. The number of imidazole rings is 1. The van der Waals surface area contributed by atoms with Gasteiger partial charge in [-0.1, -0.05) is 42.5 Å². The molecular formula is C16H14N2S2. The molecule has 0 spiro atoms. The first-order chi connectivity index (χ1) is 9.78. The number of benzene rings is 2. The van der Waals surface area contributed by atoms with Gasteiger partial charge in [-0.25, -0.2) is 0 Å². The predicted molar refractivity (Wildman–Crippen MR) is 88.6 cm³/mol. The number of rotatable bonds is 3. The van der Waals surface area contributed by atoms with E-state index in [0.29, 0.717) is 4.77 Å². The van der Waals surface area contributed by atoms with Crippen molar-refractivity contribution in [3.8, 4) is 22.5 Å². The van der Waals surface area contributed by atoms with Crippen molar-refractivity contribution in [2.75, 3.05) is 6.26 Å². The van der Waals surface area contributed by atoms with Crippen molar-refractivity contribution in [2.45, 2.75) is 4.90 Å². The molecule has 3 rings (SSSR count). The number of hydrogen-bond acceptors (Lipinski definition) is 2. The summed E-state index contributed by atoms with van der Waals surface area (Å²) in [6.45, 7) is 0. The Labute approximate surface area is 127 Å². The van der Waals surface area contributed by atoms with Gasteiger partial charge in [-0.3, -0.25) is 0 Å². The van der Waals surface area contributed by atoms with Crippen LogP contribution in [0, 0.1) is 4.77 Å². The van der Waals surface area contributed by atoms with Gasteiger partial charge in [0, 0.05) is 16.0 Å². The van der Waals surface area contributed by atoms with E-state index in [1.165, 1.54) is 4.90 Å². The number of hydrogen-bond donors (Lipinski definition) is 2. The third-order valence-electron chi connectivity index (χ3n) is 3.17. The van der Waals surface area contributed by atoms with Crippen LogP contribution < -0.4 is 0 Å². The summed E-state index contributed by atoms with van der Waals surface area (Å²) in [6.07, 6.45) is 2.08. The van der Waals surface area contributed by atoms with E-state index in [2.05, 4.69) is 52.6 Å². The third-order valence-corrected chi connectivity index (χ3v) is 4.12. The number of H-pyrrole nitrogens is 2. The molecule has 4 heteroatoms. The maximum atomic E-state index is 5.25. The summed E-state index contributed by atoms with van der Waals surface area (Å²) >= 11 is 6.99. The molecule has 0 aliphatic carbocycles. The zero-order chi connectivity index (χ0) is 13.9. The molecule has 0 saturated heterocycles. The molecule has 0 unspecified atom stereocenters. The summed E-state index contributed by atoms with van der Waals surface area (Å²) in [4.78, 5) is 7.75. The topological polar surface area (TPSA) is 31.6 Å². The summed E-state index contributed by atoms with van der Waals surface area (Å²) in [5.41, 5.74) is 4.33. The summed E-state index contributed by atoms with van der Waals surface area (Å²) in [5, 5.41) is 0. The molecule has 3 aromatic rings. The van der Waals surface area contributed by atoms with E-state index < -0.39 is 0 Å². The Balaban J connectivity index is 2.12. The Morgan fingerprint density at radius 2 is 1.35 bits per heavy atom. The van der Waals surface area contributed by atoms with Crippen molar-refractivity contribution in [1.82, 2.24) is 9.97 Å². The second-order valence-electron chi connectivity index (χ2n) is 4.42. The number of nitrogens with one attached hydrogen (secondary N) is 2. The van der Waals surface area contributed by atoms with Gasteiger partial charge >= 0.3 is 0 Å². The second-order valence-corrected chi connectivity index (χ2v) is 5.71. The summed E-state index contributed by atoms with van der Waals surface area (Å²) in [6, 6.07) is 18.7. The van der Waals surface area contributed by atoms with Gasteiger partial charge < -0.3 is 9.97 Å². The largest absolute Gasteiger partial charge is 0.330 e. The fourth-order valence-electron chi connectivity index (χ4n) is 2.18. The smallest absolute Gasteiger partial charge is 0.175 e. The average Bonchev–Trinajstić information content (AvgIpc) is 2.90. The molecule has 0 bridgehead atoms. The average molecular weight is 298 g/mol. The molecule has 1 aromatic heterocycles. The van der Waals surface area contributed by atoms with Crippen molar-refractivity contribution in [1.29, 1.82) is 0 Å². The highest BCUT2D eigenvalue weighted by Crippen LogP contribution is 2.30. The van der Waals surface area contributed by atoms with Crippen LogP contribution in [0.4, 0.5) is 0 Å². The van der Waals surface area contributed by atoms with Crippen LogP contribution in [0.2, 0.25) is 0 Å². The Hall–Kier alpha value is -1.78. The van der Waals surface area contributed by atoms with Gasteiger partial charge in [-0.05, 0) is 30.6 Å². The molecular weight excluding hydrogens is 284 g/mol. The molecule has 0 radical (unpaired) electrons. The Kier molecular flexibility index (Phi) is 3.76. The first-order valence-corrected chi connectivity index (χ1v) is 7.93. The van der Waals surface area contributed by atoms with Crippen molar-refractivity contribution in [2.24, 2.45) is 0 Å². The van der Waals surface area contributed by atoms with Crippen LogP contribution in [-0.4, -0.2) is 16.2 Å². The van der Waals surface area contributed by atoms with E-state index in [1.54, 1.807) is 11.8 Å². The SMILES string of the molecule is CSc1ccc(-c2[nH]c(=S)[nH]c2-c2ccccc2)cc1. The minimum Gasteiger partial charge on any atom is -0.330 e. The van der Waals surface area contributed by atoms with Crippen LogP contribution in [-0.2, 0) is 0 Å². The van der Waals surface area contributed by atoms with Crippen LogP contribution in [0.25, 0.3) is 22.5 Å². The summed E-state index contributed by atoms with van der Waals surface area (Å²) in [7, 11) is 0. The van der Waals surface area contributed by atoms with Crippen molar-refractivity contribution in [3.63, 3.8) is 0 Å². The van der Waals surface area contributed by atoms with Gasteiger partial charge in [-0.2, -0.15) is 0 Å². The highest BCUT2D eigenvalue weighted by Gasteiger charge is 2.10. The van der Waals surface area contributed by atoms with Crippen molar-refractivity contribution >= 4 is 24.0 Å². The van der Waals surface area contributed by atoms with Crippen LogP contribution in [0.15, 0.2) is 59.5 Å². The Morgan fingerprint density at radius 1 is 0.800 bits per heavy atom. The minimum atomic E-state index is 0.646. The quantitative estimate of drug-likeness (QED) is 0.519. The highest BCUT2D eigenvalue weighted by molar-refractivity contribution is 7.98. The lowest BCUT2D eigenvalue weighted by Gasteiger charge is -2.04. The van der Waals surface area contributed by atoms with Gasteiger partial charge in [0.15, 0.2) is 4.77 Å². The maximum absolute atomic E-state index is 5.25. The van der Waals surface area contributed by atoms with Crippen LogP contribution in [0.1, 0.15) is 0 Å². The van der Waals surface area contributed by atoms with Gasteiger partial charge in [0.2, 0.25) is 0 Å². The number of aromatic nitrogens is 2. The van der Waals surface area contributed by atoms with Gasteiger partial charge in [-0.15, -0.1) is 11.8 Å². The lowest BCUT2D eigenvalue weighted by atomic mass is 10.1. The molecule has 0 aliphatic heterocycles. The molecule has 0 atom stereocenters. The van der Waals surface area contributed by atoms with Gasteiger partial charge in [0.05, 0.1) is 11.4 Å². The lowest BCUT2D eigenvalue weighted by molar-refractivity contribution is 1.27. The molecule has 20 heavy (non-hydrogen) atoms. The molecule has 2 nitrogen and oxygen atoms in total. The summed E-state index contributed by atoms with van der Waals surface area (Å²) in [5.74, 6) is 0. The molecule has 2 N–H and O–H groups in total. The van der Waals surface area contributed by atoms with E-state index in [4.69, 9.17) is 12.2 Å². The highest BCUT2D eigenvalue weighted by atomic mass is 32.2. The zero-order valence-electron chi connectivity index (χ0n) is 11.0. The second kappa shape index (κ2) is 5.69. The van der Waals surface area contributed by atoms with E-state index in [9.17, 15) is 0 Å². The molecule has 0 fully saturated rings. The van der Waals surface area contributed by atoms with Crippen LogP contribution in [0.3, 0.4) is 0 Å². The van der Waals surface area contributed by atoms with Gasteiger partial charge in [0.1, 0.15) is 0 Å². The molecule has 0 saturated carbocycles. The minimum absolute atomic E-state index is 0.646. The fourth-order valence-corrected chi connectivity index (χ4v) is 2.79. The fraction of sp³-hybridized carbons (Fsp3) is 0.0625. The van der Waals surface area contributed by atoms with Gasteiger partial charge in [0.25, 0.3) is 0 Å². The maximum Gasteiger partial charge on any atom is 0.175 e. The van der Waals surface area contributed by atoms with E-state index in [-0.39, 0.29) is 0 Å². The van der Waals surface area contributed by atoms with Crippen molar-refractivity contribution < 1.29 is 0 Å². The Morgan fingerprint density at radius 3 is 1.90 bits per heavy atom. The summed E-state index contributed by atoms with van der Waals surface area (Å²) < 4.78 is 0.646. The lowest BCUT2D eigenvalue weighted by Crippen LogP contribution is -1.83. The molecule has 2 aromatic carbocycles. The zero-order valence-corrected chi connectivity index (χ0v) is 12.6. The van der Waals surface area contributed by atoms with E-state index in [1.807, 2.05) is 18.2 Å². The van der Waals surface area contributed by atoms with Crippen molar-refractivity contribution in [3.05, 3.63) is 59.4 Å². The van der Waals surface area contributed by atoms with E-state index >= 15 is 0 Å².